The van der Waals surface area contributed by atoms with E-state index in [1.54, 1.807) is 0 Å². The summed E-state index contributed by atoms with van der Waals surface area (Å²) in [6, 6.07) is 3.44. The van der Waals surface area contributed by atoms with Gasteiger partial charge in [-0.1, -0.05) is 0 Å². The van der Waals surface area contributed by atoms with Crippen LogP contribution in [0.2, 0.25) is 0 Å². The van der Waals surface area contributed by atoms with Gasteiger partial charge in [0.15, 0.2) is 11.6 Å². The molecule has 4 heterocycles. The molecule has 8 heteroatoms. The normalized spacial score (nSPS) is 27.3. The molecule has 5 rings (SSSR count). The maximum absolute atomic E-state index is 13.2. The van der Waals surface area contributed by atoms with Gasteiger partial charge in [0.25, 0.3) is 5.89 Å². The first-order valence-electron chi connectivity index (χ1n) is 8.65. The minimum atomic E-state index is -1.03. The zero-order valence-electron chi connectivity index (χ0n) is 14.2. The molecule has 138 valence electrons. The number of amides is 1. The maximum atomic E-state index is 13.2. The first-order chi connectivity index (χ1) is 12.5. The summed E-state index contributed by atoms with van der Waals surface area (Å²) >= 11 is 0. The van der Waals surface area contributed by atoms with Gasteiger partial charge in [0.2, 0.25) is 0 Å². The number of rotatable bonds is 4. The molecule has 3 saturated heterocycles. The lowest BCUT2D eigenvalue weighted by Gasteiger charge is -2.49. The Kier molecular flexibility index (Phi) is 4.36. The van der Waals surface area contributed by atoms with Gasteiger partial charge in [0, 0.05) is 18.2 Å². The van der Waals surface area contributed by atoms with E-state index in [2.05, 4.69) is 22.1 Å². The van der Waals surface area contributed by atoms with Crippen LogP contribution in [0.1, 0.15) is 30.5 Å². The lowest BCUT2D eigenvalue weighted by Crippen LogP contribution is -2.62. The highest BCUT2D eigenvalue weighted by atomic mass is 19.2. The summed E-state index contributed by atoms with van der Waals surface area (Å²) in [6.07, 6.45) is 3.38. The molecule has 3 aliphatic rings. The topological polar surface area (TPSA) is 67.6 Å². The number of hydrogen-bond donors (Lipinski definition) is 1. The van der Waals surface area contributed by atoms with Crippen LogP contribution in [0.15, 0.2) is 28.8 Å². The van der Waals surface area contributed by atoms with E-state index >= 15 is 0 Å². The summed E-state index contributed by atoms with van der Waals surface area (Å²) in [4.78, 5) is 18.7. The number of oxazole rings is 1. The van der Waals surface area contributed by atoms with Crippen LogP contribution in [-0.2, 0) is 0 Å². The quantitative estimate of drug-likeness (QED) is 0.905. The van der Waals surface area contributed by atoms with Crippen LogP contribution in [0.3, 0.4) is 0 Å². The number of piperidine rings is 3. The van der Waals surface area contributed by atoms with Crippen LogP contribution in [0.25, 0.3) is 0 Å². The zero-order chi connectivity index (χ0) is 18.3. The molecule has 0 unspecified atom stereocenters. The number of halogens is 2. The third-order valence-corrected chi connectivity index (χ3v) is 5.26. The molecule has 0 spiro atoms. The third-order valence-electron chi connectivity index (χ3n) is 5.26. The molecule has 1 aromatic heterocycles. The predicted molar refractivity (Wildman–Crippen MR) is 87.9 cm³/mol. The number of benzene rings is 1. The Morgan fingerprint density at radius 2 is 2.08 bits per heavy atom. The Morgan fingerprint density at radius 1 is 1.31 bits per heavy atom. The summed E-state index contributed by atoms with van der Waals surface area (Å²) in [7, 11) is 0. The molecular weight excluding hydrogens is 344 g/mol. The van der Waals surface area contributed by atoms with E-state index < -0.39 is 17.5 Å². The van der Waals surface area contributed by atoms with E-state index in [1.807, 2.05) is 0 Å². The van der Waals surface area contributed by atoms with Crippen LogP contribution in [-0.4, -0.2) is 41.0 Å². The highest BCUT2D eigenvalue weighted by Crippen LogP contribution is 2.32. The van der Waals surface area contributed by atoms with E-state index in [4.69, 9.17) is 9.15 Å². The maximum Gasteiger partial charge on any atom is 0.311 e. The number of carbonyl (C=O) groups excluding carboxylic acids is 1. The second kappa shape index (κ2) is 6.68. The first kappa shape index (κ1) is 17.0. The van der Waals surface area contributed by atoms with Gasteiger partial charge in [-0.05, 0) is 50.9 Å². The smallest absolute Gasteiger partial charge is 0.311 e. The van der Waals surface area contributed by atoms with Gasteiger partial charge in [-0.3, -0.25) is 9.69 Å². The molecule has 0 aliphatic carbocycles. The highest BCUT2D eigenvalue weighted by Gasteiger charge is 2.40. The summed E-state index contributed by atoms with van der Waals surface area (Å²) in [5.41, 5.74) is 0. The molecule has 3 fully saturated rings. The number of carbonyl (C=O) groups is 1. The van der Waals surface area contributed by atoms with Crippen molar-refractivity contribution in [2.45, 2.75) is 31.8 Å². The molecule has 6 nitrogen and oxygen atoms in total. The number of nitrogens with one attached hydrogen (secondary N) is 1. The van der Waals surface area contributed by atoms with Gasteiger partial charge in [-0.15, -0.1) is 0 Å². The van der Waals surface area contributed by atoms with Crippen LogP contribution in [0.5, 0.6) is 11.7 Å². The molecule has 1 amide bonds. The third kappa shape index (κ3) is 3.16. The molecular formula is C18H19F2N3O3. The Labute approximate surface area is 149 Å². The van der Waals surface area contributed by atoms with Crippen LogP contribution in [0, 0.1) is 17.6 Å². The van der Waals surface area contributed by atoms with Crippen molar-refractivity contribution in [2.75, 3.05) is 13.1 Å². The second-order valence-corrected chi connectivity index (χ2v) is 6.78. The average molecular weight is 363 g/mol. The van der Waals surface area contributed by atoms with Crippen LogP contribution < -0.4 is 10.1 Å². The van der Waals surface area contributed by atoms with Gasteiger partial charge in [-0.25, -0.2) is 13.8 Å². The summed E-state index contributed by atoms with van der Waals surface area (Å²) < 4.78 is 36.7. The summed E-state index contributed by atoms with van der Waals surface area (Å²) in [5, 5.41) is 3.01. The van der Waals surface area contributed by atoms with E-state index in [1.165, 1.54) is 12.3 Å². The molecule has 26 heavy (non-hydrogen) atoms. The van der Waals surface area contributed by atoms with E-state index in [0.29, 0.717) is 5.92 Å². The number of nitrogens with zero attached hydrogens (tertiary/aromatic N) is 2. The van der Waals surface area contributed by atoms with E-state index in [9.17, 15) is 13.6 Å². The number of aromatic nitrogens is 1. The molecule has 1 N–H and O–H groups in total. The summed E-state index contributed by atoms with van der Waals surface area (Å²) in [5.74, 6) is -2.08. The Bertz CT molecular complexity index is 816. The van der Waals surface area contributed by atoms with Gasteiger partial charge >= 0.3 is 11.9 Å². The largest absolute Gasteiger partial charge is 0.425 e. The molecule has 0 saturated carbocycles. The molecule has 2 bridgehead atoms. The lowest BCUT2D eigenvalue weighted by molar-refractivity contribution is 0.0209. The predicted octanol–water partition coefficient (Wildman–Crippen LogP) is 2.96. The van der Waals surface area contributed by atoms with Crippen LogP contribution in [0.4, 0.5) is 8.78 Å². The van der Waals surface area contributed by atoms with Crippen molar-refractivity contribution in [3.63, 3.8) is 0 Å². The van der Waals surface area contributed by atoms with Gasteiger partial charge in [0.05, 0.1) is 0 Å². The van der Waals surface area contributed by atoms with E-state index in [-0.39, 0.29) is 29.7 Å². The lowest BCUT2D eigenvalue weighted by atomic mass is 9.79. The van der Waals surface area contributed by atoms with E-state index in [0.717, 1.165) is 38.1 Å². The fourth-order valence-electron chi connectivity index (χ4n) is 3.83. The van der Waals surface area contributed by atoms with Crippen molar-refractivity contribution in [1.29, 1.82) is 0 Å². The monoisotopic (exact) mass is 363 g/mol. The zero-order valence-corrected chi connectivity index (χ0v) is 14.2. The van der Waals surface area contributed by atoms with Gasteiger partial charge in [-0.2, -0.15) is 0 Å². The molecule has 3 aliphatic heterocycles. The SMILES string of the molecule is C[C@H]1[C@H](NC(=O)c2ncc(Oc3ccc(F)c(F)c3)o2)C2CCN1CC2. The second-order valence-electron chi connectivity index (χ2n) is 6.78. The molecule has 2 atom stereocenters. The van der Waals surface area contributed by atoms with Gasteiger partial charge in [0.1, 0.15) is 11.9 Å². The Morgan fingerprint density at radius 3 is 2.77 bits per heavy atom. The number of ether oxygens (including phenoxy) is 1. The molecule has 0 radical (unpaired) electrons. The Hall–Kier alpha value is -2.48. The minimum Gasteiger partial charge on any atom is -0.425 e. The fourth-order valence-corrected chi connectivity index (χ4v) is 3.83. The minimum absolute atomic E-state index is 0.0537. The first-order valence-corrected chi connectivity index (χ1v) is 8.65. The van der Waals surface area contributed by atoms with Crippen molar-refractivity contribution in [2.24, 2.45) is 5.92 Å². The fraction of sp³-hybridized carbons (Fsp3) is 0.444. The van der Waals surface area contributed by atoms with Gasteiger partial charge < -0.3 is 14.5 Å². The van der Waals surface area contributed by atoms with Crippen molar-refractivity contribution >= 4 is 5.91 Å². The summed E-state index contributed by atoms with van der Waals surface area (Å²) in [6.45, 7) is 4.26. The number of fused-ring (bicyclic) bond motifs is 3. The van der Waals surface area contributed by atoms with Crippen LogP contribution >= 0.6 is 0 Å². The van der Waals surface area contributed by atoms with Crippen molar-refractivity contribution in [3.05, 3.63) is 41.9 Å². The van der Waals surface area contributed by atoms with Crippen molar-refractivity contribution < 1.29 is 22.7 Å². The number of hydrogen-bond acceptors (Lipinski definition) is 5. The standard InChI is InChI=1S/C18H19F2N3O3/c1-10-16(11-4-6-23(10)7-5-11)22-17(24)18-21-9-15(26-18)25-12-2-3-13(19)14(20)8-12/h2-3,8-11,16H,4-7H2,1H3,(H,22,24)/t10-,16-/m0/s1. The Balaban J connectivity index is 1.42. The molecule has 1 aromatic carbocycles. The highest BCUT2D eigenvalue weighted by molar-refractivity contribution is 5.90. The van der Waals surface area contributed by atoms with Crippen molar-refractivity contribution in [3.8, 4) is 11.7 Å². The molecule has 2 aromatic rings. The van der Waals surface area contributed by atoms with Crippen molar-refractivity contribution in [1.82, 2.24) is 15.2 Å². The average Bonchev–Trinajstić information content (AvgIpc) is 3.10.